The number of halogens is 2. The van der Waals surface area contributed by atoms with Gasteiger partial charge in [0.15, 0.2) is 0 Å². The summed E-state index contributed by atoms with van der Waals surface area (Å²) in [7, 11) is 0. The predicted molar refractivity (Wildman–Crippen MR) is 55.1 cm³/mol. The Balaban J connectivity index is 2.19. The monoisotopic (exact) mass is 222 g/mol. The molecule has 1 aliphatic heterocycles. The van der Waals surface area contributed by atoms with Crippen molar-refractivity contribution >= 4 is 0 Å². The molecule has 90 valence electrons. The first-order chi connectivity index (χ1) is 7.00. The van der Waals surface area contributed by atoms with Crippen molar-refractivity contribution in [3.63, 3.8) is 0 Å². The van der Waals surface area contributed by atoms with Crippen LogP contribution in [0.5, 0.6) is 0 Å². The van der Waals surface area contributed by atoms with E-state index in [2.05, 4.69) is 24.1 Å². The molecule has 0 saturated carbocycles. The maximum atomic E-state index is 12.0. The molecule has 0 radical (unpaired) electrons. The largest absolute Gasteiger partial charge is 0.386 e. The topological polar surface area (TPSA) is 35.5 Å². The predicted octanol–water partition coefficient (Wildman–Crippen LogP) is 0.685. The first-order valence-corrected chi connectivity index (χ1v) is 5.44. The fourth-order valence-electron chi connectivity index (χ4n) is 1.80. The molecule has 15 heavy (non-hydrogen) atoms. The van der Waals surface area contributed by atoms with Gasteiger partial charge in [0, 0.05) is 25.2 Å². The number of aliphatic hydroxyl groups is 1. The van der Waals surface area contributed by atoms with Crippen LogP contribution in [0.1, 0.15) is 20.3 Å². The van der Waals surface area contributed by atoms with Crippen molar-refractivity contribution in [1.29, 1.82) is 0 Å². The molecule has 1 fully saturated rings. The van der Waals surface area contributed by atoms with Crippen LogP contribution in [0.4, 0.5) is 8.78 Å². The summed E-state index contributed by atoms with van der Waals surface area (Å²) < 4.78 is 24.0. The molecule has 1 saturated heterocycles. The molecule has 3 nitrogen and oxygen atoms in total. The SMILES string of the molecule is CC(C)N1CCC(NCC(O)C(F)F)C1. The fraction of sp³-hybridized carbons (Fsp3) is 1.00. The van der Waals surface area contributed by atoms with Crippen LogP contribution in [-0.2, 0) is 0 Å². The van der Waals surface area contributed by atoms with Crippen LogP contribution in [0.25, 0.3) is 0 Å². The molecular formula is C10H20F2N2O. The summed E-state index contributed by atoms with van der Waals surface area (Å²) >= 11 is 0. The summed E-state index contributed by atoms with van der Waals surface area (Å²) in [6.45, 7) is 6.11. The van der Waals surface area contributed by atoms with Crippen molar-refractivity contribution in [3.05, 3.63) is 0 Å². The van der Waals surface area contributed by atoms with E-state index in [0.717, 1.165) is 19.5 Å². The highest BCUT2D eigenvalue weighted by atomic mass is 19.3. The van der Waals surface area contributed by atoms with E-state index in [4.69, 9.17) is 5.11 Å². The molecule has 0 aromatic heterocycles. The Bertz CT molecular complexity index is 190. The molecular weight excluding hydrogens is 202 g/mol. The van der Waals surface area contributed by atoms with Crippen LogP contribution in [-0.4, -0.2) is 54.3 Å². The van der Waals surface area contributed by atoms with Crippen LogP contribution < -0.4 is 5.32 Å². The number of aliphatic hydroxyl groups excluding tert-OH is 1. The summed E-state index contributed by atoms with van der Waals surface area (Å²) in [5.41, 5.74) is 0. The summed E-state index contributed by atoms with van der Waals surface area (Å²) in [6.07, 6.45) is -3.23. The Morgan fingerprint density at radius 2 is 2.13 bits per heavy atom. The van der Waals surface area contributed by atoms with Crippen molar-refractivity contribution in [2.75, 3.05) is 19.6 Å². The molecule has 0 amide bonds. The Morgan fingerprint density at radius 3 is 2.60 bits per heavy atom. The maximum absolute atomic E-state index is 12.0. The molecule has 2 unspecified atom stereocenters. The number of nitrogens with zero attached hydrogens (tertiary/aromatic N) is 1. The van der Waals surface area contributed by atoms with Gasteiger partial charge in [0.2, 0.25) is 0 Å². The van der Waals surface area contributed by atoms with Gasteiger partial charge < -0.3 is 10.4 Å². The summed E-state index contributed by atoms with van der Waals surface area (Å²) in [4.78, 5) is 2.30. The second kappa shape index (κ2) is 5.72. The molecule has 2 atom stereocenters. The average molecular weight is 222 g/mol. The minimum atomic E-state index is -2.65. The first-order valence-electron chi connectivity index (χ1n) is 5.44. The lowest BCUT2D eigenvalue weighted by Gasteiger charge is -2.21. The number of hydrogen-bond acceptors (Lipinski definition) is 3. The summed E-state index contributed by atoms with van der Waals surface area (Å²) in [6, 6.07) is 0.734. The standard InChI is InChI=1S/C10H20F2N2O/c1-7(2)14-4-3-8(6-14)13-5-9(15)10(11)12/h7-10,13,15H,3-6H2,1-2H3. The normalized spacial score (nSPS) is 25.4. The molecule has 0 aromatic carbocycles. The van der Waals surface area contributed by atoms with Crippen LogP contribution >= 0.6 is 0 Å². The maximum Gasteiger partial charge on any atom is 0.265 e. The highest BCUT2D eigenvalue weighted by Crippen LogP contribution is 2.12. The number of rotatable bonds is 5. The summed E-state index contributed by atoms with van der Waals surface area (Å²) in [5.74, 6) is 0. The highest BCUT2D eigenvalue weighted by molar-refractivity contribution is 4.83. The third kappa shape index (κ3) is 4.01. The van der Waals surface area contributed by atoms with Crippen LogP contribution in [0.15, 0.2) is 0 Å². The van der Waals surface area contributed by atoms with Gasteiger partial charge in [-0.15, -0.1) is 0 Å². The van der Waals surface area contributed by atoms with Gasteiger partial charge in [-0.3, -0.25) is 4.90 Å². The van der Waals surface area contributed by atoms with Gasteiger partial charge in [-0.2, -0.15) is 0 Å². The number of hydrogen-bond donors (Lipinski definition) is 2. The Kier molecular flexibility index (Phi) is 4.89. The van der Waals surface area contributed by atoms with Crippen molar-refractivity contribution in [1.82, 2.24) is 10.2 Å². The first kappa shape index (κ1) is 12.8. The minimum Gasteiger partial charge on any atom is -0.386 e. The lowest BCUT2D eigenvalue weighted by atomic mass is 10.2. The lowest BCUT2D eigenvalue weighted by Crippen LogP contribution is -2.40. The third-order valence-corrected chi connectivity index (χ3v) is 2.86. The van der Waals surface area contributed by atoms with E-state index < -0.39 is 12.5 Å². The van der Waals surface area contributed by atoms with Crippen molar-refractivity contribution in [2.45, 2.75) is 44.9 Å². The van der Waals surface area contributed by atoms with E-state index in [1.165, 1.54) is 0 Å². The molecule has 1 aliphatic rings. The fourth-order valence-corrected chi connectivity index (χ4v) is 1.80. The lowest BCUT2D eigenvalue weighted by molar-refractivity contribution is -0.00450. The number of alkyl halides is 2. The molecule has 1 heterocycles. The molecule has 2 N–H and O–H groups in total. The van der Waals surface area contributed by atoms with Crippen LogP contribution in [0, 0.1) is 0 Å². The number of nitrogens with one attached hydrogen (secondary N) is 1. The van der Waals surface area contributed by atoms with Gasteiger partial charge in [0.25, 0.3) is 6.43 Å². The van der Waals surface area contributed by atoms with Gasteiger partial charge in [0.1, 0.15) is 6.10 Å². The zero-order valence-electron chi connectivity index (χ0n) is 9.29. The minimum absolute atomic E-state index is 0.0196. The van der Waals surface area contributed by atoms with E-state index in [9.17, 15) is 8.78 Å². The molecule has 0 aliphatic carbocycles. The molecule has 0 spiro atoms. The van der Waals surface area contributed by atoms with E-state index in [1.807, 2.05) is 0 Å². The van der Waals surface area contributed by atoms with Gasteiger partial charge >= 0.3 is 0 Å². The Morgan fingerprint density at radius 1 is 1.47 bits per heavy atom. The quantitative estimate of drug-likeness (QED) is 0.718. The van der Waals surface area contributed by atoms with Gasteiger partial charge in [-0.1, -0.05) is 0 Å². The van der Waals surface area contributed by atoms with E-state index in [-0.39, 0.29) is 12.6 Å². The van der Waals surface area contributed by atoms with Crippen molar-refractivity contribution in [3.8, 4) is 0 Å². The van der Waals surface area contributed by atoms with Gasteiger partial charge in [-0.25, -0.2) is 8.78 Å². The highest BCUT2D eigenvalue weighted by Gasteiger charge is 2.25. The second-order valence-corrected chi connectivity index (χ2v) is 4.38. The molecule has 5 heteroatoms. The van der Waals surface area contributed by atoms with Gasteiger partial charge in [0.05, 0.1) is 0 Å². The Hall–Kier alpha value is -0.260. The molecule has 0 bridgehead atoms. The zero-order valence-corrected chi connectivity index (χ0v) is 9.29. The Labute approximate surface area is 89.5 Å². The second-order valence-electron chi connectivity index (χ2n) is 4.38. The van der Waals surface area contributed by atoms with Crippen molar-refractivity contribution in [2.24, 2.45) is 0 Å². The van der Waals surface area contributed by atoms with Crippen LogP contribution in [0.2, 0.25) is 0 Å². The molecule has 1 rings (SSSR count). The van der Waals surface area contributed by atoms with Crippen LogP contribution in [0.3, 0.4) is 0 Å². The average Bonchev–Trinajstić information content (AvgIpc) is 2.62. The van der Waals surface area contributed by atoms with E-state index in [0.29, 0.717) is 6.04 Å². The molecule has 0 aromatic rings. The number of likely N-dealkylation sites (tertiary alicyclic amines) is 1. The van der Waals surface area contributed by atoms with Crippen molar-refractivity contribution < 1.29 is 13.9 Å². The zero-order chi connectivity index (χ0) is 11.4. The summed E-state index contributed by atoms with van der Waals surface area (Å²) in [5, 5.41) is 11.9. The smallest absolute Gasteiger partial charge is 0.265 e. The third-order valence-electron chi connectivity index (χ3n) is 2.86. The van der Waals surface area contributed by atoms with E-state index in [1.54, 1.807) is 0 Å². The van der Waals surface area contributed by atoms with E-state index >= 15 is 0 Å². The van der Waals surface area contributed by atoms with Gasteiger partial charge in [-0.05, 0) is 26.8 Å².